The molecule has 0 amide bonds. The van der Waals surface area contributed by atoms with Crippen molar-refractivity contribution in [3.8, 4) is 0 Å². The lowest BCUT2D eigenvalue weighted by atomic mass is 9.96. The molecule has 0 bridgehead atoms. The highest BCUT2D eigenvalue weighted by molar-refractivity contribution is 4.72. The van der Waals surface area contributed by atoms with E-state index >= 15 is 0 Å². The summed E-state index contributed by atoms with van der Waals surface area (Å²) >= 11 is 0. The molecule has 0 spiro atoms. The summed E-state index contributed by atoms with van der Waals surface area (Å²) in [5.74, 6) is 3.70. The number of hydrogen-bond acceptors (Lipinski definition) is 1. The predicted octanol–water partition coefficient (Wildman–Crippen LogP) is 4.05. The molecule has 0 heterocycles. The smallest absolute Gasteiger partial charge is 0.0779 e. The van der Waals surface area contributed by atoms with E-state index < -0.39 is 0 Å². The topological polar surface area (TPSA) is 42.6 Å². The van der Waals surface area contributed by atoms with Crippen LogP contribution in [0.4, 0.5) is 0 Å². The van der Waals surface area contributed by atoms with Crippen LogP contribution in [0.3, 0.4) is 0 Å². The average molecular weight is 302 g/mol. The molecule has 4 N–H and O–H groups in total. The molecule has 0 saturated heterocycles. The van der Waals surface area contributed by atoms with Crippen molar-refractivity contribution in [3.05, 3.63) is 0 Å². The summed E-state index contributed by atoms with van der Waals surface area (Å²) in [4.78, 5) is 0. The molecule has 130 valence electrons. The summed E-state index contributed by atoms with van der Waals surface area (Å²) in [5, 5.41) is 2.23. The minimum atomic E-state index is 0.713. The SMILES string of the molecule is CCC(C)CN.CCC(C)C[NH2+]C.CCC1CCCC1C. The second-order valence-corrected chi connectivity index (χ2v) is 6.98. The fourth-order valence-electron chi connectivity index (χ4n) is 2.56. The maximum atomic E-state index is 5.28. The number of rotatable bonds is 6. The Morgan fingerprint density at radius 1 is 1.05 bits per heavy atom. The standard InChI is InChI=1S/C8H16.C6H15N.C5H13N/c1-3-8-6-4-5-7(8)2;1-4-6(2)5-7-3;1-3-5(2)4-6/h7-8H,3-6H2,1-2H3;6-7H,4-5H2,1-3H3;5H,3-4,6H2,1-2H3/p+1. The molecule has 0 aromatic heterocycles. The molecular formula is C19H45N2+. The van der Waals surface area contributed by atoms with Crippen LogP contribution < -0.4 is 11.1 Å². The van der Waals surface area contributed by atoms with Crippen molar-refractivity contribution in [2.24, 2.45) is 29.4 Å². The molecule has 1 fully saturated rings. The summed E-state index contributed by atoms with van der Waals surface area (Å²) in [7, 11) is 2.12. The number of nitrogens with two attached hydrogens (primary N) is 2. The highest BCUT2D eigenvalue weighted by Gasteiger charge is 2.20. The Morgan fingerprint density at radius 3 is 1.76 bits per heavy atom. The van der Waals surface area contributed by atoms with Gasteiger partial charge in [-0.15, -0.1) is 0 Å². The third-order valence-electron chi connectivity index (χ3n) is 5.00. The average Bonchev–Trinajstić information content (AvgIpc) is 2.93. The maximum absolute atomic E-state index is 5.28. The van der Waals surface area contributed by atoms with Gasteiger partial charge in [0.15, 0.2) is 0 Å². The summed E-state index contributed by atoms with van der Waals surface area (Å²) in [6, 6.07) is 0. The van der Waals surface area contributed by atoms with E-state index in [0.717, 1.165) is 24.3 Å². The lowest BCUT2D eigenvalue weighted by molar-refractivity contribution is -0.632. The molecule has 2 heteroatoms. The third kappa shape index (κ3) is 14.6. The van der Waals surface area contributed by atoms with Crippen molar-refractivity contribution in [3.63, 3.8) is 0 Å². The first-order chi connectivity index (χ1) is 9.96. The summed E-state index contributed by atoms with van der Waals surface area (Å²) < 4.78 is 0. The van der Waals surface area contributed by atoms with Crippen LogP contribution in [0.25, 0.3) is 0 Å². The molecule has 0 aromatic carbocycles. The van der Waals surface area contributed by atoms with Crippen LogP contribution in [0.1, 0.15) is 80.1 Å². The largest absolute Gasteiger partial charge is 0.348 e. The normalized spacial score (nSPS) is 23.4. The first kappa shape index (κ1) is 23.2. The van der Waals surface area contributed by atoms with Crippen molar-refractivity contribution >= 4 is 0 Å². The lowest BCUT2D eigenvalue weighted by Gasteiger charge is -2.10. The Balaban J connectivity index is 0. The Bertz CT molecular complexity index is 190. The third-order valence-corrected chi connectivity index (χ3v) is 5.00. The fraction of sp³-hybridized carbons (Fsp3) is 1.00. The molecule has 4 unspecified atom stereocenters. The Kier molecular flexibility index (Phi) is 18.0. The van der Waals surface area contributed by atoms with Gasteiger partial charge in [-0.05, 0) is 30.7 Å². The predicted molar refractivity (Wildman–Crippen MR) is 97.5 cm³/mol. The molecule has 2 nitrogen and oxygen atoms in total. The van der Waals surface area contributed by atoms with Crippen LogP contribution in [-0.2, 0) is 0 Å². The van der Waals surface area contributed by atoms with E-state index in [1.165, 1.54) is 45.1 Å². The van der Waals surface area contributed by atoms with E-state index in [1.807, 2.05) is 0 Å². The molecule has 0 aromatic rings. The second-order valence-electron chi connectivity index (χ2n) is 6.98. The Labute approximate surface area is 135 Å². The van der Waals surface area contributed by atoms with E-state index in [2.05, 4.69) is 53.9 Å². The monoisotopic (exact) mass is 301 g/mol. The van der Waals surface area contributed by atoms with Gasteiger partial charge in [-0.3, -0.25) is 0 Å². The highest BCUT2D eigenvalue weighted by Crippen LogP contribution is 2.32. The van der Waals surface area contributed by atoms with Crippen LogP contribution >= 0.6 is 0 Å². The molecule has 0 radical (unpaired) electrons. The van der Waals surface area contributed by atoms with Gasteiger partial charge in [0.05, 0.1) is 13.6 Å². The minimum absolute atomic E-state index is 0.713. The van der Waals surface area contributed by atoms with E-state index in [-0.39, 0.29) is 0 Å². The van der Waals surface area contributed by atoms with E-state index in [9.17, 15) is 0 Å². The Hall–Kier alpha value is -0.0800. The zero-order chi connectivity index (χ0) is 16.7. The molecule has 1 aliphatic carbocycles. The van der Waals surface area contributed by atoms with Gasteiger partial charge >= 0.3 is 0 Å². The molecule has 1 rings (SSSR count). The summed E-state index contributed by atoms with van der Waals surface area (Å²) in [6.07, 6.45) is 8.39. The van der Waals surface area contributed by atoms with Gasteiger partial charge in [-0.2, -0.15) is 0 Å². The van der Waals surface area contributed by atoms with Crippen molar-refractivity contribution in [2.75, 3.05) is 20.1 Å². The van der Waals surface area contributed by atoms with Gasteiger partial charge in [-0.25, -0.2) is 0 Å². The molecular weight excluding hydrogens is 256 g/mol. The summed E-state index contributed by atoms with van der Waals surface area (Å²) in [5.41, 5.74) is 5.28. The van der Waals surface area contributed by atoms with E-state index in [1.54, 1.807) is 0 Å². The van der Waals surface area contributed by atoms with Gasteiger partial charge in [-0.1, -0.05) is 73.6 Å². The molecule has 21 heavy (non-hydrogen) atoms. The van der Waals surface area contributed by atoms with E-state index in [4.69, 9.17) is 5.73 Å². The van der Waals surface area contributed by atoms with E-state index in [0.29, 0.717) is 5.92 Å². The van der Waals surface area contributed by atoms with Crippen LogP contribution in [0, 0.1) is 23.7 Å². The van der Waals surface area contributed by atoms with Gasteiger partial charge < -0.3 is 11.1 Å². The van der Waals surface area contributed by atoms with Crippen molar-refractivity contribution < 1.29 is 5.32 Å². The van der Waals surface area contributed by atoms with Crippen LogP contribution in [0.15, 0.2) is 0 Å². The number of hydrogen-bond donors (Lipinski definition) is 2. The minimum Gasteiger partial charge on any atom is -0.348 e. The summed E-state index contributed by atoms with van der Waals surface area (Å²) in [6.45, 7) is 15.6. The van der Waals surface area contributed by atoms with Gasteiger partial charge in [0.1, 0.15) is 0 Å². The van der Waals surface area contributed by atoms with Gasteiger partial charge in [0.25, 0.3) is 0 Å². The quantitative estimate of drug-likeness (QED) is 0.763. The maximum Gasteiger partial charge on any atom is 0.0779 e. The molecule has 1 aliphatic rings. The first-order valence-corrected chi connectivity index (χ1v) is 9.44. The van der Waals surface area contributed by atoms with Crippen molar-refractivity contribution in [2.45, 2.75) is 80.1 Å². The van der Waals surface area contributed by atoms with Gasteiger partial charge in [0, 0.05) is 5.92 Å². The Morgan fingerprint density at radius 2 is 1.62 bits per heavy atom. The lowest BCUT2D eigenvalue weighted by Crippen LogP contribution is -2.81. The highest BCUT2D eigenvalue weighted by atomic mass is 14.8. The second kappa shape index (κ2) is 16.3. The fourth-order valence-corrected chi connectivity index (χ4v) is 2.56. The van der Waals surface area contributed by atoms with Crippen molar-refractivity contribution in [1.82, 2.24) is 0 Å². The van der Waals surface area contributed by atoms with Crippen LogP contribution in [0.5, 0.6) is 0 Å². The molecule has 1 saturated carbocycles. The van der Waals surface area contributed by atoms with Crippen molar-refractivity contribution in [1.29, 1.82) is 0 Å². The van der Waals surface area contributed by atoms with Gasteiger partial charge in [0.2, 0.25) is 0 Å². The molecule has 0 aliphatic heterocycles. The first-order valence-electron chi connectivity index (χ1n) is 9.44. The molecule has 4 atom stereocenters. The number of quaternary nitrogens is 1. The zero-order valence-corrected chi connectivity index (χ0v) is 16.1. The zero-order valence-electron chi connectivity index (χ0n) is 16.1. The van der Waals surface area contributed by atoms with Crippen LogP contribution in [0.2, 0.25) is 0 Å². The van der Waals surface area contributed by atoms with Crippen LogP contribution in [-0.4, -0.2) is 20.1 Å².